The van der Waals surface area contributed by atoms with Crippen LogP contribution >= 0.6 is 11.6 Å². The van der Waals surface area contributed by atoms with E-state index in [0.29, 0.717) is 16.5 Å². The molecule has 8 heteroatoms. The van der Waals surface area contributed by atoms with Gasteiger partial charge in [0.2, 0.25) is 5.91 Å². The number of hydrogen-bond donors (Lipinski definition) is 2. The third kappa shape index (κ3) is 2.43. The van der Waals surface area contributed by atoms with Gasteiger partial charge < -0.3 is 14.7 Å². The lowest BCUT2D eigenvalue weighted by atomic mass is 10.1. The van der Waals surface area contributed by atoms with Crippen LogP contribution < -0.4 is 5.32 Å². The van der Waals surface area contributed by atoms with Crippen molar-refractivity contribution in [2.24, 2.45) is 5.92 Å². The molecular formula is C18H13ClFN5O. The van der Waals surface area contributed by atoms with Crippen molar-refractivity contribution in [2.75, 3.05) is 5.32 Å². The smallest absolute Gasteiger partial charge is 0.231 e. The first kappa shape index (κ1) is 15.3. The number of alkyl halides is 1. The summed E-state index contributed by atoms with van der Waals surface area (Å²) >= 11 is 6.52. The summed E-state index contributed by atoms with van der Waals surface area (Å²) in [5.41, 5.74) is 3.08. The molecule has 0 radical (unpaired) electrons. The number of anilines is 1. The number of nitrogens with one attached hydrogen (secondary N) is 2. The number of fused-ring (bicyclic) bond motifs is 2. The summed E-state index contributed by atoms with van der Waals surface area (Å²) < 4.78 is 14.8. The van der Waals surface area contributed by atoms with E-state index in [0.717, 1.165) is 22.2 Å². The van der Waals surface area contributed by atoms with E-state index in [2.05, 4.69) is 20.3 Å². The van der Waals surface area contributed by atoms with Gasteiger partial charge in [-0.1, -0.05) is 11.6 Å². The Bertz CT molecular complexity index is 1170. The summed E-state index contributed by atoms with van der Waals surface area (Å²) in [6.07, 6.45) is 6.34. The number of rotatable bonds is 3. The number of amides is 1. The van der Waals surface area contributed by atoms with Crippen LogP contribution in [0.3, 0.4) is 0 Å². The van der Waals surface area contributed by atoms with Crippen LogP contribution in [0.2, 0.25) is 5.02 Å². The second kappa shape index (κ2) is 5.54. The summed E-state index contributed by atoms with van der Waals surface area (Å²) in [5.74, 6) is -0.476. The maximum atomic E-state index is 13.0. The highest BCUT2D eigenvalue weighted by Gasteiger charge is 2.43. The third-order valence-corrected chi connectivity index (χ3v) is 4.99. The zero-order chi connectivity index (χ0) is 17.8. The second-order valence-electron chi connectivity index (χ2n) is 6.38. The Balaban J connectivity index is 1.50. The van der Waals surface area contributed by atoms with E-state index in [1.54, 1.807) is 23.0 Å². The summed E-state index contributed by atoms with van der Waals surface area (Å²) in [4.78, 5) is 23.6. The standard InChI is InChI=1S/C18H13ClFN5O/c19-16-10-3-4-21-17(10)22-6-12(16)9-1-2-15-23-14(8-25(15)7-9)24-18(26)11-5-13(11)20/h1-4,6-8,11,13H,5H2,(H,21,22)(H,24,26)/t11-,13+/m1/s1. The first-order chi connectivity index (χ1) is 12.6. The van der Waals surface area contributed by atoms with Gasteiger partial charge in [0.25, 0.3) is 0 Å². The normalized spacial score (nSPS) is 19.2. The lowest BCUT2D eigenvalue weighted by Gasteiger charge is -2.05. The number of aromatic nitrogens is 4. The molecule has 0 saturated heterocycles. The van der Waals surface area contributed by atoms with E-state index in [-0.39, 0.29) is 12.3 Å². The van der Waals surface area contributed by atoms with Gasteiger partial charge in [-0.3, -0.25) is 4.79 Å². The minimum Gasteiger partial charge on any atom is -0.346 e. The minimum atomic E-state index is -1.03. The quantitative estimate of drug-likeness (QED) is 0.576. The highest BCUT2D eigenvalue weighted by atomic mass is 35.5. The van der Waals surface area contributed by atoms with Crippen molar-refractivity contribution in [3.8, 4) is 11.1 Å². The number of H-pyrrole nitrogens is 1. The van der Waals surface area contributed by atoms with Crippen LogP contribution in [0.4, 0.5) is 10.2 Å². The monoisotopic (exact) mass is 369 g/mol. The molecule has 4 heterocycles. The molecular weight excluding hydrogens is 357 g/mol. The fourth-order valence-electron chi connectivity index (χ4n) is 3.04. The van der Waals surface area contributed by atoms with Crippen LogP contribution in [0, 0.1) is 5.92 Å². The van der Waals surface area contributed by atoms with E-state index in [4.69, 9.17) is 11.6 Å². The van der Waals surface area contributed by atoms with Crippen LogP contribution in [0.5, 0.6) is 0 Å². The molecule has 6 nitrogen and oxygen atoms in total. The van der Waals surface area contributed by atoms with Gasteiger partial charge in [0.15, 0.2) is 5.82 Å². The van der Waals surface area contributed by atoms with Gasteiger partial charge in [0.1, 0.15) is 17.5 Å². The Morgan fingerprint density at radius 3 is 3.00 bits per heavy atom. The summed E-state index contributed by atoms with van der Waals surface area (Å²) in [6, 6.07) is 5.61. The van der Waals surface area contributed by atoms with Crippen LogP contribution in [0.1, 0.15) is 6.42 Å². The van der Waals surface area contributed by atoms with Gasteiger partial charge in [-0.05, 0) is 24.6 Å². The summed E-state index contributed by atoms with van der Waals surface area (Å²) in [6.45, 7) is 0. The Morgan fingerprint density at radius 1 is 1.35 bits per heavy atom. The Morgan fingerprint density at radius 2 is 2.19 bits per heavy atom. The number of pyridine rings is 2. The predicted molar refractivity (Wildman–Crippen MR) is 96.9 cm³/mol. The van der Waals surface area contributed by atoms with Crippen molar-refractivity contribution >= 4 is 40.0 Å². The molecule has 0 bridgehead atoms. The molecule has 1 amide bonds. The lowest BCUT2D eigenvalue weighted by Crippen LogP contribution is -2.15. The number of carbonyl (C=O) groups is 1. The van der Waals surface area contributed by atoms with Crippen molar-refractivity contribution < 1.29 is 9.18 Å². The number of imidazole rings is 1. The number of hydrogen-bond acceptors (Lipinski definition) is 3. The number of nitrogens with zero attached hydrogens (tertiary/aromatic N) is 3. The molecule has 1 saturated carbocycles. The van der Waals surface area contributed by atoms with Crippen LogP contribution in [0.25, 0.3) is 27.8 Å². The molecule has 5 rings (SSSR count). The highest BCUT2D eigenvalue weighted by molar-refractivity contribution is 6.38. The molecule has 130 valence electrons. The SMILES string of the molecule is O=C(Nc1cn2cc(-c3cnc4[nH]ccc4c3Cl)ccc2n1)[C@@H]1C[C@@H]1F. The van der Waals surface area contributed by atoms with Gasteiger partial charge in [-0.15, -0.1) is 0 Å². The van der Waals surface area contributed by atoms with Crippen molar-refractivity contribution in [3.05, 3.63) is 48.0 Å². The summed E-state index contributed by atoms with van der Waals surface area (Å²) in [5, 5.41) is 4.13. The molecule has 0 unspecified atom stereocenters. The average Bonchev–Trinajstić information content (AvgIpc) is 3.03. The Hall–Kier alpha value is -2.93. The molecule has 1 aliphatic carbocycles. The molecule has 4 aromatic rings. The van der Waals surface area contributed by atoms with Crippen LogP contribution in [-0.4, -0.2) is 31.4 Å². The molecule has 2 N–H and O–H groups in total. The fraction of sp³-hybridized carbons (Fsp3) is 0.167. The Labute approximate surface area is 152 Å². The van der Waals surface area contributed by atoms with Crippen molar-refractivity contribution in [3.63, 3.8) is 0 Å². The predicted octanol–water partition coefficient (Wildman–Crippen LogP) is 3.83. The van der Waals surface area contributed by atoms with E-state index < -0.39 is 12.1 Å². The highest BCUT2D eigenvalue weighted by Crippen LogP contribution is 2.35. The number of aromatic amines is 1. The van der Waals surface area contributed by atoms with E-state index in [9.17, 15) is 9.18 Å². The second-order valence-corrected chi connectivity index (χ2v) is 6.76. The Kier molecular flexibility index (Phi) is 3.27. The van der Waals surface area contributed by atoms with Crippen molar-refractivity contribution in [1.82, 2.24) is 19.4 Å². The number of halogens is 2. The van der Waals surface area contributed by atoms with Gasteiger partial charge in [-0.2, -0.15) is 0 Å². The van der Waals surface area contributed by atoms with E-state index in [1.165, 1.54) is 0 Å². The van der Waals surface area contributed by atoms with Gasteiger partial charge in [-0.25, -0.2) is 14.4 Å². The molecule has 1 aliphatic rings. The van der Waals surface area contributed by atoms with Crippen molar-refractivity contribution in [1.29, 1.82) is 0 Å². The molecule has 0 spiro atoms. The first-order valence-electron chi connectivity index (χ1n) is 8.16. The molecule has 0 aliphatic heterocycles. The van der Waals surface area contributed by atoms with Gasteiger partial charge in [0, 0.05) is 35.1 Å². The maximum Gasteiger partial charge on any atom is 0.231 e. The van der Waals surface area contributed by atoms with Gasteiger partial charge >= 0.3 is 0 Å². The third-order valence-electron chi connectivity index (χ3n) is 4.58. The fourth-order valence-corrected chi connectivity index (χ4v) is 3.35. The topological polar surface area (TPSA) is 75.1 Å². The lowest BCUT2D eigenvalue weighted by molar-refractivity contribution is -0.117. The first-order valence-corrected chi connectivity index (χ1v) is 8.53. The number of carbonyl (C=O) groups excluding carboxylic acids is 1. The van der Waals surface area contributed by atoms with Crippen LogP contribution in [0.15, 0.2) is 43.0 Å². The summed E-state index contributed by atoms with van der Waals surface area (Å²) in [7, 11) is 0. The average molecular weight is 370 g/mol. The zero-order valence-corrected chi connectivity index (χ0v) is 14.2. The zero-order valence-electron chi connectivity index (χ0n) is 13.4. The molecule has 26 heavy (non-hydrogen) atoms. The van der Waals surface area contributed by atoms with E-state index in [1.807, 2.05) is 24.4 Å². The molecule has 4 aromatic heterocycles. The molecule has 0 aromatic carbocycles. The van der Waals surface area contributed by atoms with Crippen LogP contribution in [-0.2, 0) is 4.79 Å². The molecule has 2 atom stereocenters. The minimum absolute atomic E-state index is 0.288. The largest absolute Gasteiger partial charge is 0.346 e. The molecule has 1 fully saturated rings. The van der Waals surface area contributed by atoms with Gasteiger partial charge in [0.05, 0.1) is 17.1 Å². The van der Waals surface area contributed by atoms with E-state index >= 15 is 0 Å². The van der Waals surface area contributed by atoms with Crippen molar-refractivity contribution in [2.45, 2.75) is 12.6 Å². The maximum absolute atomic E-state index is 13.0.